The summed E-state index contributed by atoms with van der Waals surface area (Å²) in [5.74, 6) is 0.903. The summed E-state index contributed by atoms with van der Waals surface area (Å²) in [7, 11) is 0. The molecule has 4 nitrogen and oxygen atoms in total. The molecule has 0 aromatic heterocycles. The lowest BCUT2D eigenvalue weighted by Crippen LogP contribution is -2.39. The van der Waals surface area contributed by atoms with Crippen LogP contribution in [0.3, 0.4) is 0 Å². The summed E-state index contributed by atoms with van der Waals surface area (Å²) in [5, 5.41) is 0. The van der Waals surface area contributed by atoms with E-state index in [0.29, 0.717) is 18.4 Å². The summed E-state index contributed by atoms with van der Waals surface area (Å²) < 4.78 is 0. The lowest BCUT2D eigenvalue weighted by molar-refractivity contribution is -0.117. The minimum atomic E-state index is 0.121. The third-order valence-corrected chi connectivity index (χ3v) is 5.83. The Kier molecular flexibility index (Phi) is 4.07. The maximum atomic E-state index is 12.8. The standard InChI is InChI=1S/C20H26N2O2/c1-14-5-4-10-21(13-14)20(24)15-8-9-18-16(11-15)12-19(23)22(18)17-6-2-3-7-17/h8-9,11,14,17H,2-7,10,12-13H2,1H3. The maximum Gasteiger partial charge on any atom is 0.253 e. The molecule has 0 radical (unpaired) electrons. The summed E-state index contributed by atoms with van der Waals surface area (Å²) in [6, 6.07) is 6.24. The average molecular weight is 326 g/mol. The summed E-state index contributed by atoms with van der Waals surface area (Å²) in [6.07, 6.45) is 7.39. The van der Waals surface area contributed by atoms with Crippen molar-refractivity contribution in [2.45, 2.75) is 57.9 Å². The van der Waals surface area contributed by atoms with Crippen LogP contribution in [0, 0.1) is 5.92 Å². The number of piperidine rings is 1. The Morgan fingerprint density at radius 2 is 1.92 bits per heavy atom. The van der Waals surface area contributed by atoms with Crippen LogP contribution in [-0.4, -0.2) is 35.8 Å². The fraction of sp³-hybridized carbons (Fsp3) is 0.600. The van der Waals surface area contributed by atoms with E-state index in [2.05, 4.69) is 6.92 Å². The van der Waals surface area contributed by atoms with Crippen molar-refractivity contribution < 1.29 is 9.59 Å². The highest BCUT2D eigenvalue weighted by Gasteiger charge is 2.35. The molecule has 128 valence electrons. The lowest BCUT2D eigenvalue weighted by Gasteiger charge is -2.31. The van der Waals surface area contributed by atoms with Crippen LogP contribution in [0.5, 0.6) is 0 Å². The molecule has 1 unspecified atom stereocenters. The zero-order chi connectivity index (χ0) is 16.7. The number of rotatable bonds is 2. The van der Waals surface area contributed by atoms with Crippen LogP contribution in [0.15, 0.2) is 18.2 Å². The van der Waals surface area contributed by atoms with Gasteiger partial charge < -0.3 is 9.80 Å². The normalized spacial score (nSPS) is 24.5. The molecule has 2 aliphatic heterocycles. The van der Waals surface area contributed by atoms with Crippen LogP contribution in [0.4, 0.5) is 5.69 Å². The minimum absolute atomic E-state index is 0.121. The second-order valence-electron chi connectivity index (χ2n) is 7.72. The van der Waals surface area contributed by atoms with Crippen molar-refractivity contribution in [1.29, 1.82) is 0 Å². The largest absolute Gasteiger partial charge is 0.338 e. The lowest BCUT2D eigenvalue weighted by atomic mass is 9.99. The monoisotopic (exact) mass is 326 g/mol. The number of benzene rings is 1. The number of carbonyl (C=O) groups is 2. The number of nitrogens with zero attached hydrogens (tertiary/aromatic N) is 2. The van der Waals surface area contributed by atoms with Gasteiger partial charge >= 0.3 is 0 Å². The summed E-state index contributed by atoms with van der Waals surface area (Å²) in [5.41, 5.74) is 2.81. The quantitative estimate of drug-likeness (QED) is 0.836. The highest BCUT2D eigenvalue weighted by atomic mass is 16.2. The van der Waals surface area contributed by atoms with E-state index in [1.807, 2.05) is 28.0 Å². The molecule has 4 rings (SSSR count). The summed E-state index contributed by atoms with van der Waals surface area (Å²) in [6.45, 7) is 3.91. The number of likely N-dealkylation sites (tertiary alicyclic amines) is 1. The molecule has 0 N–H and O–H groups in total. The van der Waals surface area contributed by atoms with Crippen molar-refractivity contribution in [2.75, 3.05) is 18.0 Å². The van der Waals surface area contributed by atoms with Crippen LogP contribution in [0.1, 0.15) is 61.4 Å². The van der Waals surface area contributed by atoms with Gasteiger partial charge in [-0.15, -0.1) is 0 Å². The van der Waals surface area contributed by atoms with E-state index >= 15 is 0 Å². The molecule has 0 bridgehead atoms. The molecule has 1 aromatic rings. The van der Waals surface area contributed by atoms with E-state index in [1.165, 1.54) is 19.3 Å². The van der Waals surface area contributed by atoms with E-state index < -0.39 is 0 Å². The number of amides is 2. The maximum absolute atomic E-state index is 12.8. The van der Waals surface area contributed by atoms with E-state index in [9.17, 15) is 9.59 Å². The molecular weight excluding hydrogens is 300 g/mol. The van der Waals surface area contributed by atoms with Gasteiger partial charge in [0.05, 0.1) is 6.42 Å². The molecule has 0 spiro atoms. The van der Waals surface area contributed by atoms with Crippen LogP contribution < -0.4 is 4.90 Å². The SMILES string of the molecule is CC1CCCN(C(=O)c2ccc3c(c2)CC(=O)N3C2CCCC2)C1. The van der Waals surface area contributed by atoms with Gasteiger partial charge in [0.1, 0.15) is 0 Å². The molecule has 1 saturated heterocycles. The van der Waals surface area contributed by atoms with Crippen LogP contribution in [-0.2, 0) is 11.2 Å². The Morgan fingerprint density at radius 1 is 1.12 bits per heavy atom. The molecule has 1 atom stereocenters. The Balaban J connectivity index is 1.57. The molecule has 2 amide bonds. The third-order valence-electron chi connectivity index (χ3n) is 5.83. The van der Waals surface area contributed by atoms with Gasteiger partial charge in [0.2, 0.25) is 5.91 Å². The highest BCUT2D eigenvalue weighted by Crippen LogP contribution is 2.36. The summed E-state index contributed by atoms with van der Waals surface area (Å²) >= 11 is 0. The molecule has 3 aliphatic rings. The van der Waals surface area contributed by atoms with E-state index in [0.717, 1.165) is 49.2 Å². The first-order chi connectivity index (χ1) is 11.6. The zero-order valence-corrected chi connectivity index (χ0v) is 14.5. The molecular formula is C20H26N2O2. The molecule has 1 saturated carbocycles. The van der Waals surface area contributed by atoms with Gasteiger partial charge in [-0.25, -0.2) is 0 Å². The Bertz CT molecular complexity index is 664. The number of hydrogen-bond donors (Lipinski definition) is 0. The zero-order valence-electron chi connectivity index (χ0n) is 14.5. The van der Waals surface area contributed by atoms with Crippen LogP contribution in [0.25, 0.3) is 0 Å². The van der Waals surface area contributed by atoms with Gasteiger partial charge in [-0.1, -0.05) is 19.8 Å². The van der Waals surface area contributed by atoms with Gasteiger partial charge in [-0.05, 0) is 55.4 Å². The van der Waals surface area contributed by atoms with Crippen molar-refractivity contribution in [3.63, 3.8) is 0 Å². The van der Waals surface area contributed by atoms with Crippen molar-refractivity contribution in [3.05, 3.63) is 29.3 Å². The highest BCUT2D eigenvalue weighted by molar-refractivity contribution is 6.03. The molecule has 1 aliphatic carbocycles. The van der Waals surface area contributed by atoms with Gasteiger partial charge in [0, 0.05) is 30.4 Å². The van der Waals surface area contributed by atoms with Crippen LogP contribution in [0.2, 0.25) is 0 Å². The number of hydrogen-bond acceptors (Lipinski definition) is 2. The van der Waals surface area contributed by atoms with Crippen molar-refractivity contribution >= 4 is 17.5 Å². The first kappa shape index (κ1) is 15.7. The van der Waals surface area contributed by atoms with Crippen molar-refractivity contribution in [1.82, 2.24) is 4.90 Å². The van der Waals surface area contributed by atoms with Crippen molar-refractivity contribution in [3.8, 4) is 0 Å². The molecule has 2 fully saturated rings. The first-order valence-electron chi connectivity index (χ1n) is 9.38. The van der Waals surface area contributed by atoms with Gasteiger partial charge in [0.25, 0.3) is 5.91 Å². The minimum Gasteiger partial charge on any atom is -0.338 e. The van der Waals surface area contributed by atoms with Crippen molar-refractivity contribution in [2.24, 2.45) is 5.92 Å². The molecule has 2 heterocycles. The average Bonchev–Trinajstić information content (AvgIpc) is 3.19. The predicted octanol–water partition coefficient (Wildman–Crippen LogP) is 3.39. The fourth-order valence-electron chi connectivity index (χ4n) is 4.60. The van der Waals surface area contributed by atoms with Gasteiger partial charge in [-0.3, -0.25) is 9.59 Å². The van der Waals surface area contributed by atoms with Gasteiger partial charge in [-0.2, -0.15) is 0 Å². The van der Waals surface area contributed by atoms with E-state index in [4.69, 9.17) is 0 Å². The Hall–Kier alpha value is -1.84. The number of carbonyl (C=O) groups excluding carboxylic acids is 2. The van der Waals surface area contributed by atoms with Gasteiger partial charge in [0.15, 0.2) is 0 Å². The number of fused-ring (bicyclic) bond motifs is 1. The molecule has 4 heteroatoms. The Morgan fingerprint density at radius 3 is 2.67 bits per heavy atom. The second-order valence-corrected chi connectivity index (χ2v) is 7.72. The second kappa shape index (κ2) is 6.23. The van der Waals surface area contributed by atoms with E-state index in [1.54, 1.807) is 0 Å². The number of anilines is 1. The topological polar surface area (TPSA) is 40.6 Å². The van der Waals surface area contributed by atoms with E-state index in [-0.39, 0.29) is 11.8 Å². The summed E-state index contributed by atoms with van der Waals surface area (Å²) in [4.78, 5) is 29.2. The van der Waals surface area contributed by atoms with Crippen LogP contribution >= 0.6 is 0 Å². The molecule has 24 heavy (non-hydrogen) atoms. The fourth-order valence-corrected chi connectivity index (χ4v) is 4.60. The Labute approximate surface area is 143 Å². The smallest absolute Gasteiger partial charge is 0.253 e. The predicted molar refractivity (Wildman–Crippen MR) is 94.2 cm³/mol. The first-order valence-corrected chi connectivity index (χ1v) is 9.38. The third kappa shape index (κ3) is 2.72. The molecule has 1 aromatic carbocycles.